The zero-order valence-electron chi connectivity index (χ0n) is 16.4. The number of aliphatic imine (C=N–C) groups is 1. The zero-order valence-corrected chi connectivity index (χ0v) is 16.4. The van der Waals surface area contributed by atoms with Gasteiger partial charge in [-0.05, 0) is 43.7 Å². The molecule has 2 fully saturated rings. The molecule has 2 heterocycles. The highest BCUT2D eigenvalue weighted by atomic mass is 16.5. The Hall–Kier alpha value is -2.31. The lowest BCUT2D eigenvalue weighted by Gasteiger charge is -2.19. The van der Waals surface area contributed by atoms with Crippen LogP contribution in [0.15, 0.2) is 23.3 Å². The van der Waals surface area contributed by atoms with Gasteiger partial charge in [-0.1, -0.05) is 6.92 Å². The highest BCUT2D eigenvalue weighted by Crippen LogP contribution is 2.23. The van der Waals surface area contributed by atoms with Crippen molar-refractivity contribution < 1.29 is 9.53 Å². The summed E-state index contributed by atoms with van der Waals surface area (Å²) in [5.41, 5.74) is 1.11. The minimum Gasteiger partial charge on any atom is -0.474 e. The minimum absolute atomic E-state index is 0.217. The largest absolute Gasteiger partial charge is 0.474 e. The molecule has 148 valence electrons. The predicted octanol–water partition coefficient (Wildman–Crippen LogP) is 2.08. The van der Waals surface area contributed by atoms with E-state index in [1.54, 1.807) is 13.2 Å². The third-order valence-electron chi connectivity index (χ3n) is 5.26. The van der Waals surface area contributed by atoms with Gasteiger partial charge >= 0.3 is 0 Å². The zero-order chi connectivity index (χ0) is 19.1. The van der Waals surface area contributed by atoms with Gasteiger partial charge in [0.25, 0.3) is 0 Å². The lowest BCUT2D eigenvalue weighted by Crippen LogP contribution is -2.44. The number of amides is 1. The summed E-state index contributed by atoms with van der Waals surface area (Å²) in [4.78, 5) is 22.4. The molecule has 1 amide bonds. The number of carbonyl (C=O) groups excluding carboxylic acids is 1. The summed E-state index contributed by atoms with van der Waals surface area (Å²) in [5, 5.41) is 6.76. The summed E-state index contributed by atoms with van der Waals surface area (Å²) in [6.07, 6.45) is 8.36. The average molecular weight is 374 g/mol. The molecule has 1 aliphatic heterocycles. The molecule has 1 saturated carbocycles. The number of guanidine groups is 1. The van der Waals surface area contributed by atoms with Crippen LogP contribution in [0.3, 0.4) is 0 Å². The van der Waals surface area contributed by atoms with Crippen LogP contribution in [0.4, 0.5) is 0 Å². The summed E-state index contributed by atoms with van der Waals surface area (Å²) in [6.45, 7) is 4.10. The molecule has 1 aromatic heterocycles. The molecule has 1 unspecified atom stereocenters. The number of likely N-dealkylation sites (tertiary alicyclic amines) is 1. The smallest absolute Gasteiger partial charge is 0.222 e. The maximum Gasteiger partial charge on any atom is 0.222 e. The van der Waals surface area contributed by atoms with E-state index in [-0.39, 0.29) is 11.9 Å². The van der Waals surface area contributed by atoms with Gasteiger partial charge in [-0.3, -0.25) is 9.79 Å². The van der Waals surface area contributed by atoms with Crippen LogP contribution >= 0.6 is 0 Å². The molecule has 2 aliphatic rings. The Morgan fingerprint density at radius 3 is 2.93 bits per heavy atom. The molecule has 2 N–H and O–H groups in total. The van der Waals surface area contributed by atoms with Crippen LogP contribution in [0.5, 0.6) is 5.88 Å². The van der Waals surface area contributed by atoms with Crippen molar-refractivity contribution in [3.63, 3.8) is 0 Å². The van der Waals surface area contributed by atoms with Crippen molar-refractivity contribution in [1.82, 2.24) is 20.5 Å². The van der Waals surface area contributed by atoms with Gasteiger partial charge in [0.05, 0.1) is 0 Å². The van der Waals surface area contributed by atoms with E-state index in [0.29, 0.717) is 24.9 Å². The van der Waals surface area contributed by atoms with Crippen LogP contribution in [0, 0.1) is 0 Å². The first-order chi connectivity index (χ1) is 13.2. The second-order valence-corrected chi connectivity index (χ2v) is 7.28. The molecule has 1 aromatic rings. The first-order valence-corrected chi connectivity index (χ1v) is 10.0. The Labute approximate surface area is 161 Å². The quantitative estimate of drug-likeness (QED) is 0.590. The number of hydrogen-bond acceptors (Lipinski definition) is 4. The average Bonchev–Trinajstić information content (AvgIpc) is 3.37. The molecule has 3 rings (SSSR count). The van der Waals surface area contributed by atoms with Gasteiger partial charge in [-0.15, -0.1) is 0 Å². The van der Waals surface area contributed by atoms with Crippen molar-refractivity contribution in [2.75, 3.05) is 20.1 Å². The second kappa shape index (κ2) is 9.58. The van der Waals surface area contributed by atoms with Gasteiger partial charge in [0.15, 0.2) is 5.96 Å². The number of nitrogens with one attached hydrogen (secondary N) is 2. The van der Waals surface area contributed by atoms with Crippen molar-refractivity contribution in [3.05, 3.63) is 23.9 Å². The number of ether oxygens (including phenoxy) is 1. The third-order valence-corrected chi connectivity index (χ3v) is 5.26. The maximum absolute atomic E-state index is 11.8. The summed E-state index contributed by atoms with van der Waals surface area (Å²) in [5.74, 6) is 1.67. The second-order valence-electron chi connectivity index (χ2n) is 7.28. The van der Waals surface area contributed by atoms with E-state index in [4.69, 9.17) is 4.74 Å². The van der Waals surface area contributed by atoms with Gasteiger partial charge in [0, 0.05) is 51.4 Å². The number of rotatable bonds is 6. The van der Waals surface area contributed by atoms with Crippen LogP contribution in [0.1, 0.15) is 51.0 Å². The van der Waals surface area contributed by atoms with Crippen LogP contribution in [0.2, 0.25) is 0 Å². The molecule has 1 saturated heterocycles. The number of carbonyl (C=O) groups is 1. The Morgan fingerprint density at radius 2 is 2.19 bits per heavy atom. The van der Waals surface area contributed by atoms with Crippen molar-refractivity contribution in [1.29, 1.82) is 0 Å². The monoisotopic (exact) mass is 373 g/mol. The molecular formula is C20H31N5O2. The standard InChI is InChI=1S/C20H31N5O2/c1-3-19(26)25-11-9-16(14-25)24-20(21-2)23-13-15-8-10-22-18(12-15)27-17-6-4-5-7-17/h8,10,12,16-17H,3-7,9,11,13-14H2,1-2H3,(H2,21,23,24). The SMILES string of the molecule is CCC(=O)N1CCC(NC(=NC)NCc2ccnc(OC3CCCC3)c2)C1. The van der Waals surface area contributed by atoms with E-state index in [1.165, 1.54) is 12.8 Å². The van der Waals surface area contributed by atoms with Gasteiger partial charge in [-0.25, -0.2) is 4.98 Å². The van der Waals surface area contributed by atoms with Gasteiger partial charge in [-0.2, -0.15) is 0 Å². The Bertz CT molecular complexity index is 658. The van der Waals surface area contributed by atoms with E-state index in [2.05, 4.69) is 20.6 Å². The fourth-order valence-electron chi connectivity index (χ4n) is 3.70. The normalized spacial score (nSPS) is 20.7. The highest BCUT2D eigenvalue weighted by Gasteiger charge is 2.25. The molecule has 1 atom stereocenters. The maximum atomic E-state index is 11.8. The van der Waals surface area contributed by atoms with Crippen LogP contribution < -0.4 is 15.4 Å². The fraction of sp³-hybridized carbons (Fsp3) is 0.650. The van der Waals surface area contributed by atoms with Crippen molar-refractivity contribution in [2.45, 2.75) is 64.1 Å². The molecule has 0 radical (unpaired) electrons. The molecule has 7 nitrogen and oxygen atoms in total. The topological polar surface area (TPSA) is 78.9 Å². The lowest BCUT2D eigenvalue weighted by atomic mass is 10.2. The molecule has 0 bridgehead atoms. The van der Waals surface area contributed by atoms with Crippen molar-refractivity contribution >= 4 is 11.9 Å². The molecule has 0 aromatic carbocycles. The van der Waals surface area contributed by atoms with Crippen molar-refractivity contribution in [2.24, 2.45) is 4.99 Å². The van der Waals surface area contributed by atoms with E-state index in [0.717, 1.165) is 43.9 Å². The van der Waals surface area contributed by atoms with E-state index >= 15 is 0 Å². The lowest BCUT2D eigenvalue weighted by molar-refractivity contribution is -0.129. The van der Waals surface area contributed by atoms with Crippen LogP contribution in [-0.2, 0) is 11.3 Å². The van der Waals surface area contributed by atoms with Crippen LogP contribution in [0.25, 0.3) is 0 Å². The third kappa shape index (κ3) is 5.58. The summed E-state index contributed by atoms with van der Waals surface area (Å²) in [6, 6.07) is 4.22. The molecule has 7 heteroatoms. The number of aromatic nitrogens is 1. The summed E-state index contributed by atoms with van der Waals surface area (Å²) in [7, 11) is 1.76. The van der Waals surface area contributed by atoms with Crippen molar-refractivity contribution in [3.8, 4) is 5.88 Å². The Morgan fingerprint density at radius 1 is 1.37 bits per heavy atom. The van der Waals surface area contributed by atoms with E-state index < -0.39 is 0 Å². The molecule has 27 heavy (non-hydrogen) atoms. The number of nitrogens with zero attached hydrogens (tertiary/aromatic N) is 3. The fourth-order valence-corrected chi connectivity index (χ4v) is 3.70. The van der Waals surface area contributed by atoms with Gasteiger partial charge in [0.2, 0.25) is 11.8 Å². The van der Waals surface area contributed by atoms with Gasteiger partial charge < -0.3 is 20.3 Å². The molecule has 1 aliphatic carbocycles. The van der Waals surface area contributed by atoms with E-state index in [9.17, 15) is 4.79 Å². The predicted molar refractivity (Wildman–Crippen MR) is 106 cm³/mol. The van der Waals surface area contributed by atoms with Gasteiger partial charge in [0.1, 0.15) is 6.10 Å². The Balaban J connectivity index is 1.47. The van der Waals surface area contributed by atoms with Crippen LogP contribution in [-0.4, -0.2) is 54.0 Å². The number of pyridine rings is 1. The highest BCUT2D eigenvalue weighted by molar-refractivity contribution is 5.80. The first-order valence-electron chi connectivity index (χ1n) is 10.0. The minimum atomic E-state index is 0.217. The first kappa shape index (κ1) is 19.5. The van der Waals surface area contributed by atoms with E-state index in [1.807, 2.05) is 24.0 Å². The number of hydrogen-bond donors (Lipinski definition) is 2. The Kier molecular flexibility index (Phi) is 6.90. The molecular weight excluding hydrogens is 342 g/mol. The summed E-state index contributed by atoms with van der Waals surface area (Å²) >= 11 is 0. The summed E-state index contributed by atoms with van der Waals surface area (Å²) < 4.78 is 5.98. The molecule has 0 spiro atoms.